The van der Waals surface area contributed by atoms with Crippen LogP contribution in [0.5, 0.6) is 0 Å². The Morgan fingerprint density at radius 3 is 2.29 bits per heavy atom. The van der Waals surface area contributed by atoms with Crippen LogP contribution in [0.1, 0.15) is 16.7 Å². The van der Waals surface area contributed by atoms with Gasteiger partial charge in [-0.2, -0.15) is 17.6 Å². The molecule has 0 spiro atoms. The van der Waals surface area contributed by atoms with E-state index >= 15 is 0 Å². The van der Waals surface area contributed by atoms with Crippen LogP contribution in [-0.2, 0) is 17.0 Å². The molecule has 0 atom stereocenters. The first-order valence-electron chi connectivity index (χ1n) is 3.91. The molecule has 0 radical (unpaired) electrons. The van der Waals surface area contributed by atoms with Crippen LogP contribution in [0.3, 0.4) is 0 Å². The van der Waals surface area contributed by atoms with Crippen molar-refractivity contribution >= 4 is 0 Å². The highest BCUT2D eigenvalue weighted by atomic mass is 19.3. The van der Waals surface area contributed by atoms with E-state index in [0.717, 1.165) is 6.07 Å². The van der Waals surface area contributed by atoms with E-state index in [4.69, 9.17) is 0 Å². The molecule has 0 amide bonds. The topological polar surface area (TPSA) is 9.23 Å². The van der Waals surface area contributed by atoms with Crippen LogP contribution in [0.25, 0.3) is 0 Å². The van der Waals surface area contributed by atoms with Gasteiger partial charge in [0.2, 0.25) is 0 Å². The summed E-state index contributed by atoms with van der Waals surface area (Å²) >= 11 is 0. The molecule has 1 aromatic carbocycles. The van der Waals surface area contributed by atoms with Crippen molar-refractivity contribution in [2.45, 2.75) is 19.1 Å². The van der Waals surface area contributed by atoms with Crippen molar-refractivity contribution in [2.75, 3.05) is 0 Å². The number of alkyl halides is 4. The van der Waals surface area contributed by atoms with E-state index in [1.54, 1.807) is 0 Å². The molecule has 0 saturated heterocycles. The van der Waals surface area contributed by atoms with Gasteiger partial charge in [-0.25, -0.2) is 4.74 Å². The number of hydrogen-bond acceptors (Lipinski definition) is 1. The van der Waals surface area contributed by atoms with E-state index in [0.29, 0.717) is 0 Å². The van der Waals surface area contributed by atoms with E-state index in [-0.39, 0.29) is 5.56 Å². The molecule has 1 nitrogen and oxygen atoms in total. The van der Waals surface area contributed by atoms with Crippen molar-refractivity contribution in [1.29, 1.82) is 0 Å². The minimum atomic E-state index is -3.90. The molecule has 0 fully saturated rings. The van der Waals surface area contributed by atoms with Crippen LogP contribution in [0.15, 0.2) is 18.2 Å². The van der Waals surface area contributed by atoms with Crippen LogP contribution < -0.4 is 0 Å². The maximum absolute atomic E-state index is 13.0. The van der Waals surface area contributed by atoms with E-state index in [9.17, 15) is 17.6 Å². The van der Waals surface area contributed by atoms with Gasteiger partial charge in [-0.3, -0.25) is 0 Å². The summed E-state index contributed by atoms with van der Waals surface area (Å²) in [6.45, 7) is 1.34. The Labute approximate surface area is 77.3 Å². The zero-order valence-corrected chi connectivity index (χ0v) is 7.15. The predicted molar refractivity (Wildman–Crippen MR) is 40.1 cm³/mol. The van der Waals surface area contributed by atoms with Gasteiger partial charge in [-0.15, -0.1) is 0 Å². The van der Waals surface area contributed by atoms with Crippen LogP contribution in [-0.4, -0.2) is 0 Å². The SMILES string of the molecule is Cc1cccc2c1C(F)(F)OC2(F)F. The Hall–Kier alpha value is -1.10. The van der Waals surface area contributed by atoms with Crippen molar-refractivity contribution in [2.24, 2.45) is 0 Å². The number of hydrogen-bond donors (Lipinski definition) is 0. The Kier molecular flexibility index (Phi) is 1.67. The minimum absolute atomic E-state index is 0.102. The first-order valence-corrected chi connectivity index (χ1v) is 3.91. The second-order valence-corrected chi connectivity index (χ2v) is 3.13. The van der Waals surface area contributed by atoms with Gasteiger partial charge in [0.25, 0.3) is 0 Å². The fourth-order valence-electron chi connectivity index (χ4n) is 1.56. The van der Waals surface area contributed by atoms with E-state index < -0.39 is 23.3 Å². The highest BCUT2D eigenvalue weighted by molar-refractivity contribution is 5.41. The van der Waals surface area contributed by atoms with Gasteiger partial charge in [-0.05, 0) is 18.6 Å². The molecule has 2 rings (SSSR count). The van der Waals surface area contributed by atoms with Crippen molar-refractivity contribution in [3.8, 4) is 0 Å². The molecule has 5 heteroatoms. The van der Waals surface area contributed by atoms with Gasteiger partial charge >= 0.3 is 12.2 Å². The van der Waals surface area contributed by atoms with E-state index in [1.165, 1.54) is 19.1 Å². The van der Waals surface area contributed by atoms with Gasteiger partial charge in [0, 0.05) is 0 Å². The third-order valence-corrected chi connectivity index (χ3v) is 2.13. The Balaban J connectivity index is 2.72. The van der Waals surface area contributed by atoms with Crippen LogP contribution >= 0.6 is 0 Å². The number of ether oxygens (including phenoxy) is 1. The highest BCUT2D eigenvalue weighted by Crippen LogP contribution is 2.51. The largest absolute Gasteiger partial charge is 0.388 e. The molecule has 1 aromatic rings. The summed E-state index contributed by atoms with van der Waals surface area (Å²) < 4.78 is 55.2. The van der Waals surface area contributed by atoms with Gasteiger partial charge in [0.1, 0.15) is 0 Å². The number of benzene rings is 1. The Morgan fingerprint density at radius 1 is 1.07 bits per heavy atom. The summed E-state index contributed by atoms with van der Waals surface area (Å²) in [6, 6.07) is 3.59. The third kappa shape index (κ3) is 1.12. The standard InChI is InChI=1S/C9H6F4O/c1-5-3-2-4-6-7(5)9(12,13)14-8(6,10)11/h2-4H,1H3. The minimum Gasteiger partial charge on any atom is -0.247 e. The molecule has 14 heavy (non-hydrogen) atoms. The average Bonchev–Trinajstić information content (AvgIpc) is 2.18. The monoisotopic (exact) mass is 206 g/mol. The van der Waals surface area contributed by atoms with Crippen molar-refractivity contribution in [3.05, 3.63) is 34.9 Å². The Morgan fingerprint density at radius 2 is 1.71 bits per heavy atom. The number of halogens is 4. The van der Waals surface area contributed by atoms with Crippen molar-refractivity contribution in [1.82, 2.24) is 0 Å². The van der Waals surface area contributed by atoms with E-state index in [1.807, 2.05) is 0 Å². The third-order valence-electron chi connectivity index (χ3n) is 2.13. The van der Waals surface area contributed by atoms with E-state index in [2.05, 4.69) is 4.74 Å². The molecule has 0 N–H and O–H groups in total. The zero-order valence-electron chi connectivity index (χ0n) is 7.15. The van der Waals surface area contributed by atoms with Crippen LogP contribution in [0.4, 0.5) is 17.6 Å². The molecule has 0 unspecified atom stereocenters. The fourth-order valence-corrected chi connectivity index (χ4v) is 1.56. The average molecular weight is 206 g/mol. The number of fused-ring (bicyclic) bond motifs is 1. The van der Waals surface area contributed by atoms with Crippen molar-refractivity contribution in [3.63, 3.8) is 0 Å². The quantitative estimate of drug-likeness (QED) is 0.592. The maximum Gasteiger partial charge on any atom is 0.388 e. The summed E-state index contributed by atoms with van der Waals surface area (Å²) in [4.78, 5) is 0. The molecular formula is C9H6F4O. The Bertz CT molecular complexity index is 386. The first kappa shape index (κ1) is 9.45. The molecule has 1 aliphatic rings. The lowest BCUT2D eigenvalue weighted by Crippen LogP contribution is -2.18. The van der Waals surface area contributed by atoms with Gasteiger partial charge in [0.15, 0.2) is 0 Å². The summed E-state index contributed by atoms with van der Waals surface area (Å²) in [5, 5.41) is 0. The molecule has 76 valence electrons. The van der Waals surface area contributed by atoms with Crippen LogP contribution in [0.2, 0.25) is 0 Å². The highest BCUT2D eigenvalue weighted by Gasteiger charge is 2.57. The maximum atomic E-state index is 13.0. The smallest absolute Gasteiger partial charge is 0.247 e. The number of rotatable bonds is 0. The zero-order chi connectivity index (χ0) is 10.6. The van der Waals surface area contributed by atoms with Gasteiger partial charge in [0.05, 0.1) is 11.1 Å². The summed E-state index contributed by atoms with van der Waals surface area (Å²) in [5.74, 6) is 0. The lowest BCUT2D eigenvalue weighted by molar-refractivity contribution is -0.369. The molecule has 1 aliphatic heterocycles. The molecule has 1 heterocycles. The summed E-state index contributed by atoms with van der Waals surface area (Å²) in [5.41, 5.74) is -1.36. The summed E-state index contributed by atoms with van der Waals surface area (Å²) in [6.07, 6.45) is -7.80. The lowest BCUT2D eigenvalue weighted by atomic mass is 10.0. The molecule has 0 bridgehead atoms. The fraction of sp³-hybridized carbons (Fsp3) is 0.333. The van der Waals surface area contributed by atoms with Crippen molar-refractivity contribution < 1.29 is 22.3 Å². The normalized spacial score (nSPS) is 22.1. The summed E-state index contributed by atoms with van der Waals surface area (Å²) in [7, 11) is 0. The first-order chi connectivity index (χ1) is 6.34. The molecule has 0 aliphatic carbocycles. The second kappa shape index (κ2) is 2.48. The van der Waals surface area contributed by atoms with Gasteiger partial charge < -0.3 is 0 Å². The number of aryl methyl sites for hydroxylation is 1. The van der Waals surface area contributed by atoms with Crippen LogP contribution in [0, 0.1) is 6.92 Å². The van der Waals surface area contributed by atoms with Gasteiger partial charge in [-0.1, -0.05) is 12.1 Å². The molecular weight excluding hydrogens is 200 g/mol. The molecule has 0 aromatic heterocycles. The lowest BCUT2D eigenvalue weighted by Gasteiger charge is -2.11. The molecule has 0 saturated carbocycles. The predicted octanol–water partition coefficient (Wildman–Crippen LogP) is 3.12. The second-order valence-electron chi connectivity index (χ2n) is 3.13.